The zero-order chi connectivity index (χ0) is 23.8. The Kier molecular flexibility index (Phi) is 8.54. The lowest BCUT2D eigenvalue weighted by Gasteiger charge is -2.30. The first-order valence-electron chi connectivity index (χ1n) is 11.0. The Morgan fingerprint density at radius 1 is 1.15 bits per heavy atom. The van der Waals surface area contributed by atoms with Crippen LogP contribution in [0.4, 0.5) is 8.78 Å². The number of amides is 1. The van der Waals surface area contributed by atoms with Gasteiger partial charge in [-0.2, -0.15) is 0 Å². The van der Waals surface area contributed by atoms with Crippen molar-refractivity contribution in [3.05, 3.63) is 71.8 Å². The number of hydrogen-bond acceptors (Lipinski definition) is 5. The number of carbonyl (C=O) groups is 1. The first-order valence-corrected chi connectivity index (χ1v) is 11.0. The predicted octanol–water partition coefficient (Wildman–Crippen LogP) is 4.76. The average molecular weight is 458 g/mol. The van der Waals surface area contributed by atoms with Crippen LogP contribution in [0.3, 0.4) is 0 Å². The van der Waals surface area contributed by atoms with Gasteiger partial charge >= 0.3 is 0 Å². The van der Waals surface area contributed by atoms with Gasteiger partial charge in [0.15, 0.2) is 11.7 Å². The summed E-state index contributed by atoms with van der Waals surface area (Å²) in [4.78, 5) is 18.8. The van der Waals surface area contributed by atoms with Crippen LogP contribution in [0.25, 0.3) is 11.3 Å². The van der Waals surface area contributed by atoms with Crippen molar-refractivity contribution in [2.75, 3.05) is 26.7 Å². The summed E-state index contributed by atoms with van der Waals surface area (Å²) < 4.78 is 38.7. The molecule has 3 aromatic rings. The zero-order valence-corrected chi connectivity index (χ0v) is 19.1. The summed E-state index contributed by atoms with van der Waals surface area (Å²) in [6.07, 6.45) is 1.63. The highest BCUT2D eigenvalue weighted by Gasteiger charge is 2.20. The van der Waals surface area contributed by atoms with Crippen molar-refractivity contribution >= 4 is 5.91 Å². The van der Waals surface area contributed by atoms with Crippen LogP contribution in [-0.2, 0) is 11.2 Å². The highest BCUT2D eigenvalue weighted by atomic mass is 19.1. The molecule has 0 aliphatic heterocycles. The monoisotopic (exact) mass is 457 g/mol. The van der Waals surface area contributed by atoms with Crippen LogP contribution in [0.1, 0.15) is 37.8 Å². The molecule has 176 valence electrons. The summed E-state index contributed by atoms with van der Waals surface area (Å²) in [5, 5.41) is 2.98. The fourth-order valence-electron chi connectivity index (χ4n) is 3.76. The van der Waals surface area contributed by atoms with Gasteiger partial charge in [0, 0.05) is 19.4 Å². The quantitative estimate of drug-likeness (QED) is 0.450. The Hall–Kier alpha value is -3.26. The van der Waals surface area contributed by atoms with Crippen LogP contribution >= 0.6 is 0 Å². The van der Waals surface area contributed by atoms with Gasteiger partial charge in [0.05, 0.1) is 24.9 Å². The SMILES string of the molecule is CCN(CC)C(CNC(=O)CCc1ncc(-c2c(F)cccc2F)o1)c1cccc(OC)c1. The molecule has 0 radical (unpaired) electrons. The van der Waals surface area contributed by atoms with Crippen LogP contribution in [0.5, 0.6) is 5.75 Å². The van der Waals surface area contributed by atoms with Crippen molar-refractivity contribution in [2.24, 2.45) is 0 Å². The van der Waals surface area contributed by atoms with Gasteiger partial charge in [0.1, 0.15) is 17.4 Å². The van der Waals surface area contributed by atoms with E-state index >= 15 is 0 Å². The van der Waals surface area contributed by atoms with Gasteiger partial charge in [-0.15, -0.1) is 0 Å². The third-order valence-corrected chi connectivity index (χ3v) is 5.55. The van der Waals surface area contributed by atoms with Crippen molar-refractivity contribution < 1.29 is 22.7 Å². The molecule has 0 spiro atoms. The van der Waals surface area contributed by atoms with Crippen LogP contribution in [0, 0.1) is 11.6 Å². The number of methoxy groups -OCH3 is 1. The molecule has 0 fully saturated rings. The molecule has 0 aliphatic carbocycles. The van der Waals surface area contributed by atoms with Crippen molar-refractivity contribution in [3.63, 3.8) is 0 Å². The first kappa shape index (κ1) is 24.4. The second kappa shape index (κ2) is 11.6. The molecule has 1 aromatic heterocycles. The van der Waals surface area contributed by atoms with E-state index in [-0.39, 0.29) is 42.0 Å². The third kappa shape index (κ3) is 6.16. The molecule has 8 heteroatoms. The largest absolute Gasteiger partial charge is 0.497 e. The van der Waals surface area contributed by atoms with E-state index in [1.807, 2.05) is 24.3 Å². The average Bonchev–Trinajstić information content (AvgIpc) is 3.28. The second-order valence-electron chi connectivity index (χ2n) is 7.53. The number of aryl methyl sites for hydroxylation is 1. The van der Waals surface area contributed by atoms with Gasteiger partial charge in [-0.25, -0.2) is 13.8 Å². The van der Waals surface area contributed by atoms with Crippen molar-refractivity contribution in [1.29, 1.82) is 0 Å². The maximum Gasteiger partial charge on any atom is 0.220 e. The molecule has 1 unspecified atom stereocenters. The van der Waals surface area contributed by atoms with E-state index in [2.05, 4.69) is 29.0 Å². The maximum atomic E-state index is 13.9. The highest BCUT2D eigenvalue weighted by molar-refractivity contribution is 5.76. The molecule has 2 aromatic carbocycles. The number of aromatic nitrogens is 1. The standard InChI is InChI=1S/C25H29F2N3O3/c1-4-30(5-2)21(17-8-6-9-18(14-17)32-3)15-28-23(31)12-13-24-29-16-22(33-24)25-19(26)10-7-11-20(25)27/h6-11,14,16,21H,4-5,12-13,15H2,1-3H3,(H,28,31). The van der Waals surface area contributed by atoms with E-state index in [1.165, 1.54) is 12.3 Å². The Morgan fingerprint density at radius 2 is 1.85 bits per heavy atom. The topological polar surface area (TPSA) is 67.6 Å². The molecular weight excluding hydrogens is 428 g/mol. The lowest BCUT2D eigenvalue weighted by atomic mass is 10.0. The summed E-state index contributed by atoms with van der Waals surface area (Å²) in [7, 11) is 1.63. The summed E-state index contributed by atoms with van der Waals surface area (Å²) in [5.74, 6) is -0.601. The second-order valence-corrected chi connectivity index (χ2v) is 7.53. The molecule has 0 aliphatic rings. The molecule has 0 saturated heterocycles. The number of likely N-dealkylation sites (N-methyl/N-ethyl adjacent to an activating group) is 1. The number of benzene rings is 2. The summed E-state index contributed by atoms with van der Waals surface area (Å²) in [5.41, 5.74) is 0.795. The first-order chi connectivity index (χ1) is 16.0. The molecule has 1 heterocycles. The molecular formula is C25H29F2N3O3. The number of oxazole rings is 1. The summed E-state index contributed by atoms with van der Waals surface area (Å²) in [6, 6.07) is 11.4. The maximum absolute atomic E-state index is 13.9. The molecule has 0 saturated carbocycles. The molecule has 0 bridgehead atoms. The van der Waals surface area contributed by atoms with E-state index < -0.39 is 11.6 Å². The van der Waals surface area contributed by atoms with E-state index in [0.717, 1.165) is 36.5 Å². The van der Waals surface area contributed by atoms with Crippen LogP contribution in [-0.4, -0.2) is 42.5 Å². The number of nitrogens with zero attached hydrogens (tertiary/aromatic N) is 2. The van der Waals surface area contributed by atoms with E-state index in [4.69, 9.17) is 9.15 Å². The van der Waals surface area contributed by atoms with Gasteiger partial charge in [-0.05, 0) is 42.9 Å². The normalized spacial score (nSPS) is 12.1. The Balaban J connectivity index is 1.61. The van der Waals surface area contributed by atoms with E-state index in [9.17, 15) is 13.6 Å². The van der Waals surface area contributed by atoms with Crippen molar-refractivity contribution in [2.45, 2.75) is 32.7 Å². The Labute approximate surface area is 192 Å². The van der Waals surface area contributed by atoms with Crippen LogP contribution < -0.4 is 10.1 Å². The molecule has 3 rings (SSSR count). The van der Waals surface area contributed by atoms with Gasteiger partial charge in [-0.3, -0.25) is 9.69 Å². The summed E-state index contributed by atoms with van der Waals surface area (Å²) in [6.45, 7) is 6.26. The molecule has 1 N–H and O–H groups in total. The Morgan fingerprint density at radius 3 is 2.52 bits per heavy atom. The van der Waals surface area contributed by atoms with Crippen molar-refractivity contribution in [3.8, 4) is 17.1 Å². The smallest absolute Gasteiger partial charge is 0.220 e. The number of rotatable bonds is 11. The molecule has 1 amide bonds. The fraction of sp³-hybridized carbons (Fsp3) is 0.360. The van der Waals surface area contributed by atoms with Crippen molar-refractivity contribution in [1.82, 2.24) is 15.2 Å². The van der Waals surface area contributed by atoms with E-state index in [0.29, 0.717) is 6.54 Å². The van der Waals surface area contributed by atoms with Crippen LogP contribution in [0.2, 0.25) is 0 Å². The van der Waals surface area contributed by atoms with Crippen LogP contribution in [0.15, 0.2) is 53.1 Å². The van der Waals surface area contributed by atoms with Gasteiger partial charge in [-0.1, -0.05) is 32.0 Å². The number of ether oxygens (including phenoxy) is 1. The van der Waals surface area contributed by atoms with Gasteiger partial charge < -0.3 is 14.5 Å². The lowest BCUT2D eigenvalue weighted by Crippen LogP contribution is -2.38. The third-order valence-electron chi connectivity index (χ3n) is 5.55. The van der Waals surface area contributed by atoms with Gasteiger partial charge in [0.25, 0.3) is 0 Å². The lowest BCUT2D eigenvalue weighted by molar-refractivity contribution is -0.121. The molecule has 33 heavy (non-hydrogen) atoms. The minimum absolute atomic E-state index is 0.000584. The minimum Gasteiger partial charge on any atom is -0.497 e. The minimum atomic E-state index is -0.726. The Bertz CT molecular complexity index is 1050. The number of carbonyl (C=O) groups excluding carboxylic acids is 1. The highest BCUT2D eigenvalue weighted by Crippen LogP contribution is 2.27. The number of hydrogen-bond donors (Lipinski definition) is 1. The molecule has 6 nitrogen and oxygen atoms in total. The van der Waals surface area contributed by atoms with Gasteiger partial charge in [0.2, 0.25) is 5.91 Å². The van der Waals surface area contributed by atoms with E-state index in [1.54, 1.807) is 7.11 Å². The summed E-state index contributed by atoms with van der Waals surface area (Å²) >= 11 is 0. The fourth-order valence-corrected chi connectivity index (χ4v) is 3.76. The predicted molar refractivity (Wildman–Crippen MR) is 122 cm³/mol. The number of nitrogens with one attached hydrogen (secondary N) is 1. The molecule has 1 atom stereocenters. The zero-order valence-electron chi connectivity index (χ0n) is 19.1. The number of halogens is 2.